The number of fused-ring (bicyclic) bond motifs is 1. The number of carbonyl (C=O) groups is 1. The maximum Gasteiger partial charge on any atom is 0.244 e. The van der Waals surface area contributed by atoms with Crippen LogP contribution in [0.5, 0.6) is 0 Å². The van der Waals surface area contributed by atoms with Crippen molar-refractivity contribution >= 4 is 11.6 Å². The summed E-state index contributed by atoms with van der Waals surface area (Å²) in [7, 11) is 1.91. The van der Waals surface area contributed by atoms with Crippen LogP contribution in [0.1, 0.15) is 55.2 Å². The number of alkyl halides is 1. The number of anilines is 1. The van der Waals surface area contributed by atoms with E-state index in [9.17, 15) is 13.6 Å². The Kier molecular flexibility index (Phi) is 8.80. The third kappa shape index (κ3) is 6.65. The minimum absolute atomic E-state index is 0.0349. The van der Waals surface area contributed by atoms with Gasteiger partial charge in [0.15, 0.2) is 11.6 Å². The van der Waals surface area contributed by atoms with Crippen molar-refractivity contribution in [3.63, 3.8) is 0 Å². The third-order valence-electron chi connectivity index (χ3n) is 7.80. The monoisotopic (exact) mass is 516 g/mol. The van der Waals surface area contributed by atoms with Crippen LogP contribution in [-0.2, 0) is 17.8 Å². The second-order valence-corrected chi connectivity index (χ2v) is 10.8. The van der Waals surface area contributed by atoms with E-state index >= 15 is 4.39 Å². The van der Waals surface area contributed by atoms with E-state index < -0.39 is 23.8 Å². The number of benzene rings is 2. The van der Waals surface area contributed by atoms with E-state index in [2.05, 4.69) is 16.3 Å². The smallest absolute Gasteiger partial charge is 0.244 e. The van der Waals surface area contributed by atoms with Crippen molar-refractivity contribution in [3.8, 4) is 0 Å². The molecule has 2 aromatic rings. The van der Waals surface area contributed by atoms with Crippen LogP contribution in [0.2, 0.25) is 0 Å². The van der Waals surface area contributed by atoms with Gasteiger partial charge in [0.2, 0.25) is 12.2 Å². The molecule has 8 heteroatoms. The molecule has 37 heavy (non-hydrogen) atoms. The first-order valence-electron chi connectivity index (χ1n) is 13.3. The summed E-state index contributed by atoms with van der Waals surface area (Å²) >= 11 is 0. The van der Waals surface area contributed by atoms with Crippen LogP contribution in [0, 0.1) is 24.5 Å². The first kappa shape index (κ1) is 27.5. The molecule has 0 saturated heterocycles. The minimum atomic E-state index is -1.88. The maximum atomic E-state index is 15.8. The summed E-state index contributed by atoms with van der Waals surface area (Å²) in [5.41, 5.74) is 3.22. The van der Waals surface area contributed by atoms with Crippen molar-refractivity contribution in [2.24, 2.45) is 5.92 Å². The molecule has 1 unspecified atom stereocenters. The van der Waals surface area contributed by atoms with Gasteiger partial charge < -0.3 is 15.1 Å². The lowest BCUT2D eigenvalue weighted by Crippen LogP contribution is -2.43. The van der Waals surface area contributed by atoms with Gasteiger partial charge in [-0.3, -0.25) is 9.69 Å². The van der Waals surface area contributed by atoms with E-state index in [4.69, 9.17) is 0 Å². The number of halogens is 3. The van der Waals surface area contributed by atoms with Crippen LogP contribution in [-0.4, -0.2) is 66.4 Å². The molecule has 1 heterocycles. The molecule has 2 aliphatic rings. The largest absolute Gasteiger partial charge is 0.376 e. The molecular weight excluding hydrogens is 477 g/mol. The number of nitrogens with zero attached hydrogens (tertiary/aromatic N) is 3. The van der Waals surface area contributed by atoms with Gasteiger partial charge in [-0.05, 0) is 81.8 Å². The topological polar surface area (TPSA) is 38.8 Å². The van der Waals surface area contributed by atoms with Gasteiger partial charge in [-0.25, -0.2) is 13.2 Å². The number of nitrogens with one attached hydrogen (secondary N) is 1. The Balaban J connectivity index is 1.48. The van der Waals surface area contributed by atoms with Crippen LogP contribution >= 0.6 is 0 Å². The lowest BCUT2D eigenvalue weighted by Gasteiger charge is -2.32. The van der Waals surface area contributed by atoms with E-state index in [0.717, 1.165) is 48.6 Å². The average Bonchev–Trinajstić information content (AvgIpc) is 3.69. The van der Waals surface area contributed by atoms with Gasteiger partial charge in [-0.1, -0.05) is 18.2 Å². The molecule has 1 aliphatic heterocycles. The molecule has 0 spiro atoms. The fourth-order valence-electron chi connectivity index (χ4n) is 4.91. The molecule has 1 amide bonds. The first-order chi connectivity index (χ1) is 17.7. The van der Waals surface area contributed by atoms with Crippen molar-refractivity contribution in [2.45, 2.75) is 58.9 Å². The summed E-state index contributed by atoms with van der Waals surface area (Å²) in [6.07, 6.45) is 1.68. The summed E-state index contributed by atoms with van der Waals surface area (Å²) < 4.78 is 43.7. The molecule has 4 rings (SSSR count). The lowest BCUT2D eigenvalue weighted by atomic mass is 9.97. The zero-order chi connectivity index (χ0) is 26.7. The van der Waals surface area contributed by atoms with Crippen molar-refractivity contribution < 1.29 is 18.0 Å². The first-order valence-corrected chi connectivity index (χ1v) is 13.3. The predicted molar refractivity (Wildman–Crippen MR) is 141 cm³/mol. The number of carbonyl (C=O) groups excluding carboxylic acids is 1. The third-order valence-corrected chi connectivity index (χ3v) is 7.80. The molecule has 2 aromatic carbocycles. The molecular formula is C29H39F3N4O. The molecule has 0 bridgehead atoms. The van der Waals surface area contributed by atoms with E-state index in [0.29, 0.717) is 6.54 Å². The van der Waals surface area contributed by atoms with E-state index in [1.54, 1.807) is 0 Å². The van der Waals surface area contributed by atoms with Gasteiger partial charge in [0.25, 0.3) is 0 Å². The Morgan fingerprint density at radius 1 is 1.16 bits per heavy atom. The highest BCUT2D eigenvalue weighted by atomic mass is 19.2. The van der Waals surface area contributed by atoms with Gasteiger partial charge in [0, 0.05) is 50.0 Å². The normalized spacial score (nSPS) is 16.7. The predicted octanol–water partition coefficient (Wildman–Crippen LogP) is 5.29. The summed E-state index contributed by atoms with van der Waals surface area (Å²) in [6, 6.07) is 8.44. The molecule has 0 aromatic heterocycles. The van der Waals surface area contributed by atoms with Crippen LogP contribution in [0.4, 0.5) is 18.9 Å². The summed E-state index contributed by atoms with van der Waals surface area (Å²) in [5.74, 6) is -1.71. The van der Waals surface area contributed by atoms with E-state index in [1.807, 2.05) is 37.9 Å². The summed E-state index contributed by atoms with van der Waals surface area (Å²) in [5, 5.41) is 3.25. The van der Waals surface area contributed by atoms with Crippen LogP contribution in [0.25, 0.3) is 0 Å². The number of amides is 1. The highest BCUT2D eigenvalue weighted by Crippen LogP contribution is 2.33. The molecule has 1 N–H and O–H groups in total. The second kappa shape index (κ2) is 11.9. The van der Waals surface area contributed by atoms with Gasteiger partial charge in [-0.15, -0.1) is 0 Å². The van der Waals surface area contributed by atoms with Crippen LogP contribution in [0.15, 0.2) is 30.3 Å². The Bertz CT molecular complexity index is 1100. The molecule has 1 fully saturated rings. The zero-order valence-corrected chi connectivity index (χ0v) is 22.4. The summed E-state index contributed by atoms with van der Waals surface area (Å²) in [4.78, 5) is 19.0. The highest BCUT2D eigenvalue weighted by Gasteiger charge is 2.29. The van der Waals surface area contributed by atoms with Crippen molar-refractivity contribution in [3.05, 3.63) is 64.2 Å². The number of likely N-dealkylation sites (N-methyl/N-ethyl adjacent to an activating group) is 1. The Hall–Kier alpha value is -2.58. The second-order valence-electron chi connectivity index (χ2n) is 10.8. The van der Waals surface area contributed by atoms with Crippen molar-refractivity contribution in [2.75, 3.05) is 45.1 Å². The SMILES string of the molecule is Cc1c(C(F)N(CCN(C)C(C)C)C(=O)CNc2cccc3c2CCN(CC2CC2)C3)ccc(F)c1F. The molecule has 1 saturated carbocycles. The van der Waals surface area contributed by atoms with E-state index in [1.165, 1.54) is 37.0 Å². The molecule has 0 radical (unpaired) electrons. The maximum absolute atomic E-state index is 15.8. The Morgan fingerprint density at radius 2 is 1.92 bits per heavy atom. The fourth-order valence-corrected chi connectivity index (χ4v) is 4.91. The number of hydrogen-bond acceptors (Lipinski definition) is 4. The molecule has 5 nitrogen and oxygen atoms in total. The highest BCUT2D eigenvalue weighted by molar-refractivity contribution is 5.81. The molecule has 202 valence electrons. The molecule has 1 atom stereocenters. The molecule has 1 aliphatic carbocycles. The van der Waals surface area contributed by atoms with Gasteiger partial charge in [0.1, 0.15) is 0 Å². The minimum Gasteiger partial charge on any atom is -0.376 e. The van der Waals surface area contributed by atoms with E-state index in [-0.39, 0.29) is 30.3 Å². The quantitative estimate of drug-likeness (QED) is 0.412. The van der Waals surface area contributed by atoms with Gasteiger partial charge in [0.05, 0.1) is 6.54 Å². The van der Waals surface area contributed by atoms with Gasteiger partial charge >= 0.3 is 0 Å². The fraction of sp³-hybridized carbons (Fsp3) is 0.552. The summed E-state index contributed by atoms with van der Waals surface area (Å²) in [6.45, 7) is 8.91. The van der Waals surface area contributed by atoms with Crippen molar-refractivity contribution in [1.82, 2.24) is 14.7 Å². The standard InChI is InChI=1S/C29H39F3N4O/c1-19(2)34(4)14-15-36(29(32)23-10-11-25(30)28(31)20(23)3)27(37)16-33-26-7-5-6-22-18-35(13-12-24(22)26)17-21-8-9-21/h5-7,10-11,19,21,29,33H,8-9,12-18H2,1-4H3. The van der Waals surface area contributed by atoms with Crippen LogP contribution in [0.3, 0.4) is 0 Å². The van der Waals surface area contributed by atoms with Crippen molar-refractivity contribution in [1.29, 1.82) is 0 Å². The number of hydrogen-bond donors (Lipinski definition) is 1. The number of rotatable bonds is 11. The van der Waals surface area contributed by atoms with Crippen LogP contribution < -0.4 is 5.32 Å². The Labute approximate surface area is 218 Å². The zero-order valence-electron chi connectivity index (χ0n) is 22.4. The Morgan fingerprint density at radius 3 is 2.62 bits per heavy atom. The lowest BCUT2D eigenvalue weighted by molar-refractivity contribution is -0.135. The average molecular weight is 517 g/mol. The van der Waals surface area contributed by atoms with Gasteiger partial charge in [-0.2, -0.15) is 0 Å².